The van der Waals surface area contributed by atoms with Gasteiger partial charge in [0.2, 0.25) is 5.91 Å². The van der Waals surface area contributed by atoms with Crippen molar-refractivity contribution in [1.82, 2.24) is 20.3 Å². The minimum atomic E-state index is -0.509. The van der Waals surface area contributed by atoms with E-state index in [4.69, 9.17) is 12.2 Å². The van der Waals surface area contributed by atoms with Gasteiger partial charge in [0, 0.05) is 11.1 Å². The van der Waals surface area contributed by atoms with Gasteiger partial charge in [0.15, 0.2) is 5.11 Å². The summed E-state index contributed by atoms with van der Waals surface area (Å²) in [7, 11) is 0. The standard InChI is InChI=1S/C22H27N5OS/c1-5-6-7-15-8-11-17(12-9-15)27-25-18-13-10-16(14-19(18)26-27)23-21(29)24-20(28)22(2,3)4/h8-14H,5-7H2,1-4H3,(H2,23,24,28,29). The van der Waals surface area contributed by atoms with E-state index in [1.165, 1.54) is 18.4 Å². The van der Waals surface area contributed by atoms with Gasteiger partial charge in [0.1, 0.15) is 11.0 Å². The Labute approximate surface area is 176 Å². The summed E-state index contributed by atoms with van der Waals surface area (Å²) in [5, 5.41) is 15.1. The number of anilines is 1. The molecular formula is C22H27N5OS. The molecule has 0 bridgehead atoms. The maximum Gasteiger partial charge on any atom is 0.231 e. The van der Waals surface area contributed by atoms with Crippen LogP contribution in [-0.4, -0.2) is 26.0 Å². The molecule has 2 N–H and O–H groups in total. The fourth-order valence-electron chi connectivity index (χ4n) is 2.74. The molecule has 0 aliphatic rings. The summed E-state index contributed by atoms with van der Waals surface area (Å²) in [4.78, 5) is 13.7. The van der Waals surface area contributed by atoms with E-state index in [0.717, 1.165) is 28.8 Å². The van der Waals surface area contributed by atoms with Crippen LogP contribution < -0.4 is 10.6 Å². The van der Waals surface area contributed by atoms with Crippen molar-refractivity contribution in [2.75, 3.05) is 5.32 Å². The second-order valence-corrected chi connectivity index (χ2v) is 8.53. The molecule has 0 aliphatic carbocycles. The predicted molar refractivity (Wildman–Crippen MR) is 121 cm³/mol. The lowest BCUT2D eigenvalue weighted by Gasteiger charge is -2.18. The number of rotatable bonds is 5. The summed E-state index contributed by atoms with van der Waals surface area (Å²) < 4.78 is 0. The first-order valence-corrected chi connectivity index (χ1v) is 10.3. The van der Waals surface area contributed by atoms with Gasteiger partial charge in [-0.05, 0) is 61.0 Å². The van der Waals surface area contributed by atoms with Crippen LogP contribution in [-0.2, 0) is 11.2 Å². The van der Waals surface area contributed by atoms with E-state index in [9.17, 15) is 4.79 Å². The first-order valence-electron chi connectivity index (χ1n) is 9.85. The van der Waals surface area contributed by atoms with E-state index in [1.807, 2.05) is 51.1 Å². The normalized spacial score (nSPS) is 11.4. The Morgan fingerprint density at radius 1 is 1.07 bits per heavy atom. The molecular weight excluding hydrogens is 382 g/mol. The van der Waals surface area contributed by atoms with Crippen LogP contribution >= 0.6 is 12.2 Å². The van der Waals surface area contributed by atoms with Gasteiger partial charge >= 0.3 is 0 Å². The van der Waals surface area contributed by atoms with Gasteiger partial charge in [-0.25, -0.2) is 0 Å². The third-order valence-corrected chi connectivity index (χ3v) is 4.74. The molecule has 6 nitrogen and oxygen atoms in total. The zero-order chi connectivity index (χ0) is 21.0. The van der Waals surface area contributed by atoms with E-state index < -0.39 is 5.41 Å². The van der Waals surface area contributed by atoms with Crippen molar-refractivity contribution in [3.8, 4) is 5.69 Å². The van der Waals surface area contributed by atoms with Crippen LogP contribution in [0.3, 0.4) is 0 Å². The van der Waals surface area contributed by atoms with Crippen LogP contribution in [0.2, 0.25) is 0 Å². The summed E-state index contributed by atoms with van der Waals surface area (Å²) in [5.41, 5.74) is 4.02. The summed E-state index contributed by atoms with van der Waals surface area (Å²) in [6, 6.07) is 13.9. The molecule has 152 valence electrons. The van der Waals surface area contributed by atoms with Gasteiger partial charge in [0.25, 0.3) is 0 Å². The Morgan fingerprint density at radius 3 is 2.41 bits per heavy atom. The van der Waals surface area contributed by atoms with Gasteiger partial charge in [-0.2, -0.15) is 4.80 Å². The number of nitrogens with one attached hydrogen (secondary N) is 2. The average molecular weight is 410 g/mol. The van der Waals surface area contributed by atoms with Gasteiger partial charge in [-0.15, -0.1) is 10.2 Å². The second-order valence-electron chi connectivity index (χ2n) is 8.12. The van der Waals surface area contributed by atoms with E-state index in [2.05, 4.69) is 39.9 Å². The number of carbonyl (C=O) groups excluding carboxylic acids is 1. The van der Waals surface area contributed by atoms with Crippen molar-refractivity contribution >= 4 is 40.0 Å². The van der Waals surface area contributed by atoms with E-state index in [-0.39, 0.29) is 11.0 Å². The molecule has 2 aromatic carbocycles. The highest BCUT2D eigenvalue weighted by atomic mass is 32.1. The molecule has 0 spiro atoms. The van der Waals surface area contributed by atoms with Crippen molar-refractivity contribution in [3.63, 3.8) is 0 Å². The molecule has 0 radical (unpaired) electrons. The third kappa shape index (κ3) is 5.38. The van der Waals surface area contributed by atoms with Crippen LogP contribution in [0.25, 0.3) is 16.7 Å². The van der Waals surface area contributed by atoms with Gasteiger partial charge in [0.05, 0.1) is 5.69 Å². The number of carbonyl (C=O) groups is 1. The van der Waals surface area contributed by atoms with E-state index >= 15 is 0 Å². The first-order chi connectivity index (χ1) is 13.8. The lowest BCUT2D eigenvalue weighted by Crippen LogP contribution is -2.41. The van der Waals surface area contributed by atoms with Crippen LogP contribution in [0, 0.1) is 5.41 Å². The van der Waals surface area contributed by atoms with Crippen molar-refractivity contribution in [1.29, 1.82) is 0 Å². The van der Waals surface area contributed by atoms with E-state index in [1.54, 1.807) is 4.80 Å². The third-order valence-electron chi connectivity index (χ3n) is 4.53. The Hall–Kier alpha value is -2.80. The van der Waals surface area contributed by atoms with Crippen molar-refractivity contribution in [2.45, 2.75) is 47.0 Å². The topological polar surface area (TPSA) is 71.8 Å². The maximum absolute atomic E-state index is 12.1. The first kappa shape index (κ1) is 20.9. The van der Waals surface area contributed by atoms with Gasteiger partial charge < -0.3 is 10.6 Å². The lowest BCUT2D eigenvalue weighted by molar-refractivity contribution is -0.126. The Balaban J connectivity index is 1.73. The molecule has 29 heavy (non-hydrogen) atoms. The SMILES string of the molecule is CCCCc1ccc(-n2nc3ccc(NC(=S)NC(=O)C(C)(C)C)cc3n2)cc1. The molecule has 1 aromatic heterocycles. The van der Waals surface area contributed by atoms with Crippen LogP contribution in [0.5, 0.6) is 0 Å². The van der Waals surface area contributed by atoms with Crippen LogP contribution in [0.1, 0.15) is 46.1 Å². The molecule has 3 rings (SSSR count). The second kappa shape index (κ2) is 8.69. The van der Waals surface area contributed by atoms with Crippen LogP contribution in [0.4, 0.5) is 5.69 Å². The number of benzene rings is 2. The number of thiocarbonyl (C=S) groups is 1. The number of amides is 1. The molecule has 1 heterocycles. The number of aryl methyl sites for hydroxylation is 1. The van der Waals surface area contributed by atoms with Gasteiger partial charge in [-0.1, -0.05) is 46.2 Å². The number of hydrogen-bond acceptors (Lipinski definition) is 4. The molecule has 0 unspecified atom stereocenters. The Bertz CT molecular complexity index is 1020. The lowest BCUT2D eigenvalue weighted by atomic mass is 9.96. The molecule has 0 atom stereocenters. The minimum Gasteiger partial charge on any atom is -0.332 e. The summed E-state index contributed by atoms with van der Waals surface area (Å²) in [6.45, 7) is 7.71. The molecule has 7 heteroatoms. The molecule has 1 amide bonds. The zero-order valence-electron chi connectivity index (χ0n) is 17.3. The quantitative estimate of drug-likeness (QED) is 0.602. The summed E-state index contributed by atoms with van der Waals surface area (Å²) in [6.07, 6.45) is 3.47. The zero-order valence-corrected chi connectivity index (χ0v) is 18.1. The Morgan fingerprint density at radius 2 is 1.76 bits per heavy atom. The fourth-order valence-corrected chi connectivity index (χ4v) is 2.95. The highest BCUT2D eigenvalue weighted by Crippen LogP contribution is 2.19. The molecule has 0 aliphatic heterocycles. The highest BCUT2D eigenvalue weighted by molar-refractivity contribution is 7.80. The van der Waals surface area contributed by atoms with E-state index in [0.29, 0.717) is 0 Å². The maximum atomic E-state index is 12.1. The van der Waals surface area contributed by atoms with Crippen molar-refractivity contribution in [3.05, 3.63) is 48.0 Å². The number of unbranched alkanes of at least 4 members (excludes halogenated alkanes) is 1. The Kier molecular flexibility index (Phi) is 6.27. The number of fused-ring (bicyclic) bond motifs is 1. The number of hydrogen-bond donors (Lipinski definition) is 2. The molecule has 3 aromatic rings. The molecule has 0 saturated heterocycles. The smallest absolute Gasteiger partial charge is 0.231 e. The number of nitrogens with zero attached hydrogens (tertiary/aromatic N) is 3. The molecule has 0 saturated carbocycles. The predicted octanol–water partition coefficient (Wildman–Crippen LogP) is 4.62. The minimum absolute atomic E-state index is 0.135. The summed E-state index contributed by atoms with van der Waals surface area (Å²) >= 11 is 5.24. The number of aromatic nitrogens is 3. The average Bonchev–Trinajstić information content (AvgIpc) is 3.09. The monoisotopic (exact) mass is 409 g/mol. The molecule has 0 fully saturated rings. The summed E-state index contributed by atoms with van der Waals surface area (Å²) in [5.74, 6) is -0.135. The van der Waals surface area contributed by atoms with Crippen molar-refractivity contribution in [2.24, 2.45) is 5.41 Å². The van der Waals surface area contributed by atoms with Gasteiger partial charge in [-0.3, -0.25) is 4.79 Å². The fraction of sp³-hybridized carbons (Fsp3) is 0.364. The van der Waals surface area contributed by atoms with Crippen molar-refractivity contribution < 1.29 is 4.79 Å². The largest absolute Gasteiger partial charge is 0.332 e. The van der Waals surface area contributed by atoms with Crippen LogP contribution in [0.15, 0.2) is 42.5 Å². The highest BCUT2D eigenvalue weighted by Gasteiger charge is 2.22.